The summed E-state index contributed by atoms with van der Waals surface area (Å²) in [4.78, 5) is 61.5. The Kier molecular flexibility index (Phi) is 12.6. The molecule has 52 heavy (non-hydrogen) atoms. The summed E-state index contributed by atoms with van der Waals surface area (Å²) < 4.78 is 41.8. The number of nitrogens with zero attached hydrogens (tertiary/aromatic N) is 4. The van der Waals surface area contributed by atoms with Gasteiger partial charge < -0.3 is 33.9 Å². The summed E-state index contributed by atoms with van der Waals surface area (Å²) in [6.07, 6.45) is -5.08. The summed E-state index contributed by atoms with van der Waals surface area (Å²) in [6, 6.07) is 14.1. The van der Waals surface area contributed by atoms with Gasteiger partial charge in [0.15, 0.2) is 0 Å². The first-order chi connectivity index (χ1) is 24.5. The second kappa shape index (κ2) is 16.5. The van der Waals surface area contributed by atoms with Crippen molar-refractivity contribution in [2.45, 2.75) is 19.3 Å². The van der Waals surface area contributed by atoms with Crippen LogP contribution in [-0.4, -0.2) is 102 Å². The Balaban J connectivity index is 0.000000197. The van der Waals surface area contributed by atoms with Crippen LogP contribution >= 0.6 is 22.7 Å². The van der Waals surface area contributed by atoms with Gasteiger partial charge in [0, 0.05) is 46.4 Å². The summed E-state index contributed by atoms with van der Waals surface area (Å²) in [7, 11) is 9.18. The third-order valence-electron chi connectivity index (χ3n) is 7.80. The lowest BCUT2D eigenvalue weighted by atomic mass is 10.1. The zero-order valence-electron chi connectivity index (χ0n) is 28.7. The first-order valence-electron chi connectivity index (χ1n) is 15.4. The van der Waals surface area contributed by atoms with Gasteiger partial charge in [0.2, 0.25) is 0 Å². The molecular formula is C35H35F3N4O8S2. The molecule has 6 aromatic rings. The zero-order valence-corrected chi connectivity index (χ0v) is 30.3. The summed E-state index contributed by atoms with van der Waals surface area (Å²) in [5.41, 5.74) is 2.03. The normalized spacial score (nSPS) is 11.5. The molecule has 17 heteroatoms. The number of thiophene rings is 2. The minimum atomic E-state index is -5.08. The molecule has 0 unspecified atom stereocenters. The van der Waals surface area contributed by atoms with E-state index in [9.17, 15) is 37.5 Å². The van der Waals surface area contributed by atoms with E-state index < -0.39 is 24.1 Å². The predicted molar refractivity (Wildman–Crippen MR) is 196 cm³/mol. The number of alkyl halides is 3. The minimum absolute atomic E-state index is 0.0161. The van der Waals surface area contributed by atoms with E-state index in [0.29, 0.717) is 36.1 Å². The first-order valence-corrected chi connectivity index (χ1v) is 17.2. The number of carbonyl (C=O) groups excluding carboxylic acids is 1. The second-order valence-corrected chi connectivity index (χ2v) is 13.7. The number of carboxylic acids is 2. The highest BCUT2D eigenvalue weighted by Crippen LogP contribution is 2.29. The van der Waals surface area contributed by atoms with E-state index >= 15 is 0 Å². The molecule has 0 fully saturated rings. The van der Waals surface area contributed by atoms with Gasteiger partial charge in [0.1, 0.15) is 0 Å². The monoisotopic (exact) mass is 760 g/mol. The Morgan fingerprint density at radius 1 is 0.712 bits per heavy atom. The molecule has 276 valence electrons. The van der Waals surface area contributed by atoms with Crippen molar-refractivity contribution in [2.24, 2.45) is 0 Å². The molecule has 12 nitrogen and oxygen atoms in total. The summed E-state index contributed by atoms with van der Waals surface area (Å²) in [5, 5.41) is 23.5. The molecule has 6 rings (SSSR count). The van der Waals surface area contributed by atoms with Gasteiger partial charge in [-0.25, -0.2) is 14.4 Å². The van der Waals surface area contributed by atoms with Crippen molar-refractivity contribution in [3.63, 3.8) is 0 Å². The zero-order chi connectivity index (χ0) is 38.5. The number of esters is 1. The molecule has 0 saturated heterocycles. The van der Waals surface area contributed by atoms with Crippen molar-refractivity contribution in [3.05, 3.63) is 91.1 Å². The molecule has 0 spiro atoms. The van der Waals surface area contributed by atoms with Crippen molar-refractivity contribution in [3.8, 4) is 0 Å². The maximum Gasteiger partial charge on any atom is 0.490 e. The molecule has 2 aromatic carbocycles. The van der Waals surface area contributed by atoms with Gasteiger partial charge in [-0.15, -0.1) is 22.7 Å². The highest BCUT2D eigenvalue weighted by molar-refractivity contribution is 7.18. The number of likely N-dealkylation sites (N-methyl/N-ethyl adjacent to an activating group) is 2. The van der Waals surface area contributed by atoms with Gasteiger partial charge in [-0.2, -0.15) is 13.2 Å². The van der Waals surface area contributed by atoms with E-state index in [1.807, 2.05) is 66.9 Å². The number of rotatable bonds is 8. The SMILES string of the molecule is CN(C)CCn1c(=O)c2ccsc2c2ccc(C(=O)O)cc21.COC(=O)c1ccc2c3sccc3c(=O)n(CCN(C)C)c2c1.O=C(O)C(F)(F)F. The number of benzene rings is 2. The van der Waals surface area contributed by atoms with Crippen LogP contribution in [0.1, 0.15) is 20.7 Å². The molecule has 0 atom stereocenters. The lowest BCUT2D eigenvalue weighted by Crippen LogP contribution is -2.27. The summed E-state index contributed by atoms with van der Waals surface area (Å²) in [5.74, 6) is -4.14. The number of ether oxygens (including phenoxy) is 1. The summed E-state index contributed by atoms with van der Waals surface area (Å²) in [6.45, 7) is 2.55. The van der Waals surface area contributed by atoms with Crippen LogP contribution in [0.5, 0.6) is 0 Å². The standard InChI is InChI=1S/C17H18N2O3S.C16H16N2O3S.C2HF3O2/c1-18(2)7-8-19-14-10-11(17(21)22-3)4-5-12(14)15-13(16(19)20)6-9-23-15;1-17(2)6-7-18-13-9-10(16(20)21)3-4-11(13)14-12(15(18)19)5-8-22-14;3-2(4,5)1(6)7/h4-6,9-10H,7-8H2,1-3H3;3-5,8-9H,6-7H2,1-2H3,(H,20,21);(H,6,7). The fourth-order valence-electron chi connectivity index (χ4n) is 5.20. The highest BCUT2D eigenvalue weighted by Gasteiger charge is 2.38. The number of carbonyl (C=O) groups is 3. The highest BCUT2D eigenvalue weighted by atomic mass is 32.1. The van der Waals surface area contributed by atoms with Crippen LogP contribution in [0.3, 0.4) is 0 Å². The van der Waals surface area contributed by atoms with Gasteiger partial charge >= 0.3 is 24.1 Å². The van der Waals surface area contributed by atoms with E-state index in [0.717, 1.165) is 37.6 Å². The number of carboxylic acid groups (broad SMARTS) is 2. The third-order valence-corrected chi connectivity index (χ3v) is 9.70. The van der Waals surface area contributed by atoms with Crippen molar-refractivity contribution in [1.82, 2.24) is 18.9 Å². The van der Waals surface area contributed by atoms with E-state index in [4.69, 9.17) is 14.6 Å². The predicted octanol–water partition coefficient (Wildman–Crippen LogP) is 5.67. The van der Waals surface area contributed by atoms with E-state index in [-0.39, 0.29) is 16.7 Å². The molecule has 0 aliphatic heterocycles. The van der Waals surface area contributed by atoms with E-state index in [2.05, 4.69) is 0 Å². The van der Waals surface area contributed by atoms with Crippen LogP contribution in [0.15, 0.2) is 68.9 Å². The van der Waals surface area contributed by atoms with Gasteiger partial charge in [-0.3, -0.25) is 9.59 Å². The Hall–Kier alpha value is -5.10. The van der Waals surface area contributed by atoms with Crippen LogP contribution < -0.4 is 11.1 Å². The van der Waals surface area contributed by atoms with Gasteiger partial charge in [-0.1, -0.05) is 12.1 Å². The van der Waals surface area contributed by atoms with Crippen molar-refractivity contribution in [1.29, 1.82) is 0 Å². The number of pyridine rings is 2. The average molecular weight is 761 g/mol. The van der Waals surface area contributed by atoms with Crippen molar-refractivity contribution in [2.75, 3.05) is 48.4 Å². The maximum atomic E-state index is 12.8. The van der Waals surface area contributed by atoms with Crippen LogP contribution in [0.2, 0.25) is 0 Å². The molecule has 0 bridgehead atoms. The lowest BCUT2D eigenvalue weighted by Gasteiger charge is -2.15. The second-order valence-electron chi connectivity index (χ2n) is 11.9. The number of aliphatic carboxylic acids is 1. The molecule has 0 aliphatic rings. The minimum Gasteiger partial charge on any atom is -0.478 e. The number of methoxy groups -OCH3 is 1. The quantitative estimate of drug-likeness (QED) is 0.186. The van der Waals surface area contributed by atoms with Crippen LogP contribution in [0, 0.1) is 0 Å². The molecular weight excluding hydrogens is 726 g/mol. The van der Waals surface area contributed by atoms with Crippen LogP contribution in [-0.2, 0) is 22.6 Å². The Morgan fingerprint density at radius 3 is 1.48 bits per heavy atom. The molecule has 0 radical (unpaired) electrons. The van der Waals surface area contributed by atoms with Crippen molar-refractivity contribution >= 4 is 82.6 Å². The van der Waals surface area contributed by atoms with Gasteiger partial charge in [-0.05, 0) is 75.3 Å². The van der Waals surface area contributed by atoms with Gasteiger partial charge in [0.05, 0.1) is 40.0 Å². The third kappa shape index (κ3) is 8.85. The molecule has 2 N–H and O–H groups in total. The Labute approximate surface area is 302 Å². The Morgan fingerprint density at radius 2 is 1.12 bits per heavy atom. The molecule has 4 heterocycles. The molecule has 0 aliphatic carbocycles. The molecule has 4 aromatic heterocycles. The smallest absolute Gasteiger partial charge is 0.478 e. The largest absolute Gasteiger partial charge is 0.490 e. The number of fused-ring (bicyclic) bond motifs is 6. The number of aromatic nitrogens is 2. The number of halogens is 3. The fraction of sp³-hybridized carbons (Fsp3) is 0.286. The summed E-state index contributed by atoms with van der Waals surface area (Å²) >= 11 is 3.05. The van der Waals surface area contributed by atoms with Crippen LogP contribution in [0.4, 0.5) is 13.2 Å². The maximum absolute atomic E-state index is 12.8. The molecule has 0 saturated carbocycles. The Bertz CT molecular complexity index is 2390. The van der Waals surface area contributed by atoms with Crippen LogP contribution in [0.25, 0.3) is 42.0 Å². The molecule has 0 amide bonds. The lowest BCUT2D eigenvalue weighted by molar-refractivity contribution is -0.192. The van der Waals surface area contributed by atoms with Crippen molar-refractivity contribution < 1.29 is 42.5 Å². The van der Waals surface area contributed by atoms with Gasteiger partial charge in [0.25, 0.3) is 11.1 Å². The fourth-order valence-corrected chi connectivity index (χ4v) is 7.04. The average Bonchev–Trinajstić information content (AvgIpc) is 3.79. The topological polar surface area (TPSA) is 151 Å². The number of hydrogen-bond donors (Lipinski definition) is 2. The van der Waals surface area contributed by atoms with E-state index in [1.165, 1.54) is 18.4 Å². The van der Waals surface area contributed by atoms with E-state index in [1.54, 1.807) is 50.8 Å². The number of hydrogen-bond acceptors (Lipinski definition) is 10. The first kappa shape index (κ1) is 39.7. The number of aromatic carboxylic acids is 1.